The van der Waals surface area contributed by atoms with Crippen LogP contribution in [0.25, 0.3) is 10.9 Å². The van der Waals surface area contributed by atoms with Gasteiger partial charge in [-0.05, 0) is 138 Å². The lowest BCUT2D eigenvalue weighted by atomic mass is 9.98. The number of carbonyl (C=O) groups is 10. The molecule has 506 valence electrons. The van der Waals surface area contributed by atoms with Crippen molar-refractivity contribution in [2.24, 2.45) is 51.2 Å². The van der Waals surface area contributed by atoms with E-state index in [0.29, 0.717) is 81.5 Å². The number of unbranched alkanes of at least 4 members (excludes halogenated alkanes) is 3. The molecule has 1 aromatic heterocycles. The van der Waals surface area contributed by atoms with Gasteiger partial charge in [-0.3, -0.25) is 48.1 Å². The van der Waals surface area contributed by atoms with E-state index in [2.05, 4.69) is 57.8 Å². The van der Waals surface area contributed by atoms with Crippen molar-refractivity contribution in [1.82, 2.24) is 52.8 Å². The molecule has 28 nitrogen and oxygen atoms in total. The minimum atomic E-state index is -1.34. The standard InChI is InChI=1S/C62H101N17O11S/c1-36(2)50(59(87)74-46(27-32-91-6)56(84)77-49(34-40-35-70-43-23-11-10-21-41(40)43)58(86)73-44(24-13-16-29-64)54(82)75-47(61(89)90)25-14-17-30-65)79-60(88)51(37(3)4)78-52(80)38(5)71-57(85)48(33-39-19-8-7-9-20-39)76-55(83)45(26-18-31-69-62(67)68)72-53(81)42(66)22-12-15-28-63/h7-11,19-21,23,35-38,42,44-51,70H,12-18,22,24-34,63-66H2,1-6H3,(H,71,85)(H,72,81)(H,73,86)(H,74,87)(H,75,82)(H,76,83)(H,77,84)(H,78,80)(H,79,88)(H,89,90)(H4,67,68,69)/t38-,42+,44-,45-,46-,47+,48-,49-,50-,51-/m0/s1. The first-order valence-electron chi connectivity index (χ1n) is 31.3. The molecule has 0 aliphatic carbocycles. The molecule has 0 aliphatic rings. The molecule has 1 heterocycles. The highest BCUT2D eigenvalue weighted by molar-refractivity contribution is 7.98. The lowest BCUT2D eigenvalue weighted by molar-refractivity contribution is -0.142. The van der Waals surface area contributed by atoms with Gasteiger partial charge in [0.05, 0.1) is 6.04 Å². The maximum absolute atomic E-state index is 14.6. The van der Waals surface area contributed by atoms with E-state index in [1.807, 2.05) is 30.5 Å². The van der Waals surface area contributed by atoms with Gasteiger partial charge in [-0.15, -0.1) is 0 Å². The van der Waals surface area contributed by atoms with Crippen molar-refractivity contribution >= 4 is 87.8 Å². The number of aromatic nitrogens is 1. The number of carboxylic acids is 1. The molecule has 0 radical (unpaired) electrons. The van der Waals surface area contributed by atoms with Gasteiger partial charge in [0.2, 0.25) is 53.2 Å². The highest BCUT2D eigenvalue weighted by Crippen LogP contribution is 2.20. The summed E-state index contributed by atoms with van der Waals surface area (Å²) in [6.45, 7) is 9.27. The number of hydrogen-bond acceptors (Lipinski definition) is 16. The Kier molecular flexibility index (Phi) is 35.3. The predicted octanol–water partition coefficient (Wildman–Crippen LogP) is -0.746. The zero-order valence-electron chi connectivity index (χ0n) is 53.5. The van der Waals surface area contributed by atoms with Crippen molar-refractivity contribution in [3.05, 3.63) is 71.9 Å². The Bertz CT molecular complexity index is 2840. The normalized spacial score (nSPS) is 14.6. The zero-order valence-corrected chi connectivity index (χ0v) is 54.3. The quantitative estimate of drug-likeness (QED) is 0.0188. The van der Waals surface area contributed by atoms with Crippen LogP contribution in [0.4, 0.5) is 0 Å². The first kappa shape index (κ1) is 77.4. The number of amides is 9. The van der Waals surface area contributed by atoms with Gasteiger partial charge >= 0.3 is 5.97 Å². The van der Waals surface area contributed by atoms with Gasteiger partial charge in [0.15, 0.2) is 5.96 Å². The van der Waals surface area contributed by atoms with Gasteiger partial charge in [0, 0.05) is 36.5 Å². The molecular weight excluding hydrogens is 1190 g/mol. The number of carboxylic acid groups (broad SMARTS) is 1. The molecule has 0 aliphatic heterocycles. The average molecular weight is 1290 g/mol. The summed E-state index contributed by atoms with van der Waals surface area (Å²) in [5.74, 6) is -8.79. The maximum atomic E-state index is 14.6. The summed E-state index contributed by atoms with van der Waals surface area (Å²) in [6, 6.07) is 3.82. The van der Waals surface area contributed by atoms with E-state index in [4.69, 9.17) is 34.4 Å². The van der Waals surface area contributed by atoms with E-state index < -0.39 is 131 Å². The third kappa shape index (κ3) is 27.6. The van der Waals surface area contributed by atoms with Crippen LogP contribution in [0.15, 0.2) is 65.8 Å². The molecule has 0 unspecified atom stereocenters. The fourth-order valence-corrected chi connectivity index (χ4v) is 10.3. The van der Waals surface area contributed by atoms with Crippen LogP contribution in [0.3, 0.4) is 0 Å². The van der Waals surface area contributed by atoms with Crippen molar-refractivity contribution in [2.75, 3.05) is 38.2 Å². The van der Waals surface area contributed by atoms with Gasteiger partial charge in [0.1, 0.15) is 54.4 Å². The van der Waals surface area contributed by atoms with Crippen molar-refractivity contribution < 1.29 is 53.1 Å². The summed E-state index contributed by atoms with van der Waals surface area (Å²) in [7, 11) is 0. The lowest BCUT2D eigenvalue weighted by Crippen LogP contribution is -2.62. The average Bonchev–Trinajstić information content (AvgIpc) is 1.88. The predicted molar refractivity (Wildman–Crippen MR) is 352 cm³/mol. The Morgan fingerprint density at radius 1 is 0.495 bits per heavy atom. The Labute approximate surface area is 537 Å². The van der Waals surface area contributed by atoms with Gasteiger partial charge in [-0.25, -0.2) is 4.79 Å². The number of para-hydroxylation sites is 1. The number of hydrogen-bond donors (Lipinski definition) is 17. The number of benzene rings is 2. The van der Waals surface area contributed by atoms with Crippen molar-refractivity contribution in [1.29, 1.82) is 0 Å². The number of carbonyl (C=O) groups excluding carboxylic acids is 9. The van der Waals surface area contributed by atoms with Crippen LogP contribution in [-0.4, -0.2) is 174 Å². The van der Waals surface area contributed by atoms with Crippen molar-refractivity contribution in [2.45, 2.75) is 185 Å². The first-order chi connectivity index (χ1) is 43.3. The molecule has 0 spiro atoms. The van der Waals surface area contributed by atoms with Crippen LogP contribution in [-0.2, 0) is 60.8 Å². The minimum absolute atomic E-state index is 0.0262. The third-order valence-electron chi connectivity index (χ3n) is 15.2. The molecule has 0 saturated heterocycles. The summed E-state index contributed by atoms with van der Waals surface area (Å²) in [6.07, 6.45) is 7.46. The van der Waals surface area contributed by atoms with E-state index in [1.54, 1.807) is 64.2 Å². The molecular formula is C62H101N17O11S. The van der Waals surface area contributed by atoms with E-state index in [-0.39, 0.29) is 57.5 Å². The van der Waals surface area contributed by atoms with Gasteiger partial charge in [-0.2, -0.15) is 11.8 Å². The van der Waals surface area contributed by atoms with Gasteiger partial charge in [-0.1, -0.05) is 82.6 Å². The zero-order chi connectivity index (χ0) is 67.6. The number of nitrogens with one attached hydrogen (secondary N) is 10. The molecule has 2 aromatic carbocycles. The fraction of sp³-hybridized carbons (Fsp3) is 0.597. The second kappa shape index (κ2) is 41.5. The Morgan fingerprint density at radius 3 is 1.48 bits per heavy atom. The van der Waals surface area contributed by atoms with Crippen LogP contribution < -0.4 is 82.3 Å². The number of H-pyrrole nitrogens is 1. The number of guanidine groups is 1. The number of aromatic amines is 1. The molecule has 3 rings (SSSR count). The molecule has 0 saturated carbocycles. The van der Waals surface area contributed by atoms with Gasteiger partial charge in [0.25, 0.3) is 0 Å². The van der Waals surface area contributed by atoms with E-state index in [9.17, 15) is 53.1 Å². The van der Waals surface area contributed by atoms with Crippen LogP contribution >= 0.6 is 11.8 Å². The summed E-state index contributed by atoms with van der Waals surface area (Å²) in [5, 5.41) is 35.2. The Morgan fingerprint density at radius 2 is 0.934 bits per heavy atom. The summed E-state index contributed by atoms with van der Waals surface area (Å²) >= 11 is 1.40. The number of aliphatic carboxylic acids is 1. The summed E-state index contributed by atoms with van der Waals surface area (Å²) < 4.78 is 0. The maximum Gasteiger partial charge on any atom is 0.326 e. The second-order valence-corrected chi connectivity index (χ2v) is 24.3. The summed E-state index contributed by atoms with van der Waals surface area (Å²) in [4.78, 5) is 147. The third-order valence-corrected chi connectivity index (χ3v) is 15.8. The Balaban J connectivity index is 1.87. The summed E-state index contributed by atoms with van der Waals surface area (Å²) in [5.41, 5.74) is 36.3. The van der Waals surface area contributed by atoms with Crippen LogP contribution in [0.1, 0.15) is 123 Å². The molecule has 29 heteroatoms. The smallest absolute Gasteiger partial charge is 0.326 e. The number of nitrogens with two attached hydrogens (primary N) is 6. The minimum Gasteiger partial charge on any atom is -0.480 e. The number of rotatable bonds is 44. The molecule has 0 bridgehead atoms. The van der Waals surface area contributed by atoms with Crippen molar-refractivity contribution in [3.63, 3.8) is 0 Å². The van der Waals surface area contributed by atoms with E-state index in [1.165, 1.54) is 18.7 Å². The molecule has 91 heavy (non-hydrogen) atoms. The second-order valence-electron chi connectivity index (χ2n) is 23.3. The topological polar surface area (TPSA) is 483 Å². The molecule has 9 amide bonds. The Hall–Kier alpha value is -7.86. The highest BCUT2D eigenvalue weighted by Gasteiger charge is 2.37. The van der Waals surface area contributed by atoms with Crippen LogP contribution in [0.2, 0.25) is 0 Å². The highest BCUT2D eigenvalue weighted by atomic mass is 32.2. The fourth-order valence-electron chi connectivity index (χ4n) is 9.82. The SMILES string of the molecule is CSCC[C@H](NC(=O)[C@@H](NC(=O)[C@@H](NC(=O)[C@H](C)NC(=O)[C@H](Cc1ccccc1)NC(=O)[C@H](CCCN=C(N)N)NC(=O)[C@H](N)CCCCN)C(C)C)C(C)C)C(=O)N[C@@H](Cc1c[nH]c2ccccc12)C(=O)N[C@@H](CCCCN)C(=O)N[C@H](CCCCN)C(=O)O. The number of nitrogens with zero attached hydrogens (tertiary/aromatic N) is 1. The number of fused-ring (bicyclic) bond motifs is 1. The van der Waals surface area contributed by atoms with Crippen LogP contribution in [0.5, 0.6) is 0 Å². The van der Waals surface area contributed by atoms with E-state index in [0.717, 1.165) is 10.9 Å². The number of aliphatic imine (C=N–C) groups is 1. The lowest BCUT2D eigenvalue weighted by Gasteiger charge is -2.30. The molecule has 23 N–H and O–H groups in total. The molecule has 10 atom stereocenters. The largest absolute Gasteiger partial charge is 0.480 e. The molecule has 0 fully saturated rings. The number of thioether (sulfide) groups is 1. The van der Waals surface area contributed by atoms with Crippen LogP contribution in [0, 0.1) is 11.8 Å². The van der Waals surface area contributed by atoms with Gasteiger partial charge < -0.3 is 92.3 Å². The van der Waals surface area contributed by atoms with E-state index >= 15 is 0 Å². The monoisotopic (exact) mass is 1290 g/mol. The molecule has 3 aromatic rings. The van der Waals surface area contributed by atoms with Crippen molar-refractivity contribution in [3.8, 4) is 0 Å². The first-order valence-corrected chi connectivity index (χ1v) is 32.7.